The Morgan fingerprint density at radius 1 is 1.50 bits per heavy atom. The van der Waals surface area contributed by atoms with E-state index in [1.807, 2.05) is 13.0 Å². The normalized spacial score (nSPS) is 12.2. The van der Waals surface area contributed by atoms with Crippen molar-refractivity contribution in [2.24, 2.45) is 5.92 Å². The Labute approximate surface area is 98.0 Å². The van der Waals surface area contributed by atoms with Gasteiger partial charge in [0, 0.05) is 12.7 Å². The van der Waals surface area contributed by atoms with Crippen LogP contribution in [0.25, 0.3) is 6.08 Å². The monoisotopic (exact) mass is 219 g/mol. The maximum absolute atomic E-state index is 4.39. The molecule has 0 aliphatic heterocycles. The molecule has 1 aromatic rings. The van der Waals surface area contributed by atoms with Crippen LogP contribution in [-0.4, -0.2) is 23.1 Å². The van der Waals surface area contributed by atoms with Crippen LogP contribution in [0.1, 0.15) is 32.3 Å². The molecule has 0 atom stereocenters. The number of aromatic nitrogens is 2. The fourth-order valence-electron chi connectivity index (χ4n) is 1.44. The highest BCUT2D eigenvalue weighted by Gasteiger charge is 2.03. The number of nitrogens with one attached hydrogen (secondary N) is 1. The number of likely N-dealkylation sites (N-methyl/N-ethyl adjacent to an activating group) is 1. The van der Waals surface area contributed by atoms with Crippen LogP contribution >= 0.6 is 0 Å². The van der Waals surface area contributed by atoms with E-state index in [-0.39, 0.29) is 0 Å². The molecule has 0 spiro atoms. The molecule has 0 amide bonds. The van der Waals surface area contributed by atoms with E-state index < -0.39 is 0 Å². The van der Waals surface area contributed by atoms with Crippen molar-refractivity contribution < 1.29 is 0 Å². The highest BCUT2D eigenvalue weighted by molar-refractivity contribution is 5.49. The molecule has 0 saturated heterocycles. The van der Waals surface area contributed by atoms with Gasteiger partial charge in [-0.2, -0.15) is 0 Å². The first kappa shape index (κ1) is 12.8. The summed E-state index contributed by atoms with van der Waals surface area (Å²) in [5, 5.41) is 3.35. The molecule has 3 nitrogen and oxygen atoms in total. The van der Waals surface area contributed by atoms with Crippen LogP contribution in [0.5, 0.6) is 0 Å². The van der Waals surface area contributed by atoms with Gasteiger partial charge < -0.3 is 5.32 Å². The van der Waals surface area contributed by atoms with Crippen molar-refractivity contribution in [3.63, 3.8) is 0 Å². The predicted octanol–water partition coefficient (Wildman–Crippen LogP) is 2.43. The van der Waals surface area contributed by atoms with Gasteiger partial charge in [0.1, 0.15) is 5.82 Å². The molecule has 88 valence electrons. The van der Waals surface area contributed by atoms with Crippen molar-refractivity contribution >= 4 is 6.08 Å². The highest BCUT2D eigenvalue weighted by Crippen LogP contribution is 2.12. The first-order valence-corrected chi connectivity index (χ1v) is 5.84. The van der Waals surface area contributed by atoms with E-state index in [2.05, 4.69) is 42.1 Å². The van der Waals surface area contributed by atoms with E-state index in [0.29, 0.717) is 5.92 Å². The van der Waals surface area contributed by atoms with Gasteiger partial charge in [-0.05, 0) is 31.5 Å². The third-order valence-electron chi connectivity index (χ3n) is 2.45. The first-order valence-electron chi connectivity index (χ1n) is 5.84. The largest absolute Gasteiger partial charge is 0.313 e. The van der Waals surface area contributed by atoms with Crippen molar-refractivity contribution in [1.29, 1.82) is 0 Å². The average Bonchev–Trinajstić information content (AvgIpc) is 2.24. The van der Waals surface area contributed by atoms with Gasteiger partial charge in [0.15, 0.2) is 0 Å². The van der Waals surface area contributed by atoms with Crippen molar-refractivity contribution in [3.8, 4) is 0 Å². The third kappa shape index (κ3) is 4.11. The van der Waals surface area contributed by atoms with Crippen LogP contribution in [0.4, 0.5) is 0 Å². The second-order valence-corrected chi connectivity index (χ2v) is 4.18. The van der Waals surface area contributed by atoms with Crippen molar-refractivity contribution in [2.45, 2.75) is 27.7 Å². The Balaban J connectivity index is 2.84. The van der Waals surface area contributed by atoms with E-state index in [1.165, 1.54) is 5.57 Å². The summed E-state index contributed by atoms with van der Waals surface area (Å²) in [5.41, 5.74) is 2.37. The first-order chi connectivity index (χ1) is 7.63. The summed E-state index contributed by atoms with van der Waals surface area (Å²) in [6, 6.07) is 1.95. The predicted molar refractivity (Wildman–Crippen MR) is 68.1 cm³/mol. The summed E-state index contributed by atoms with van der Waals surface area (Å²) >= 11 is 0. The highest BCUT2D eigenvalue weighted by atomic mass is 14.9. The van der Waals surface area contributed by atoms with Crippen LogP contribution < -0.4 is 5.32 Å². The van der Waals surface area contributed by atoms with E-state index in [1.54, 1.807) is 6.20 Å². The summed E-state index contributed by atoms with van der Waals surface area (Å²) < 4.78 is 0. The standard InChI is InChI=1S/C13H21N3/c1-5-14-9-12(10(2)3)8-13-6-7-15-11(4)16-13/h6-8,10,14H,5,9H2,1-4H3/b12-8-. The maximum Gasteiger partial charge on any atom is 0.125 e. The summed E-state index contributed by atoms with van der Waals surface area (Å²) in [7, 11) is 0. The third-order valence-corrected chi connectivity index (χ3v) is 2.45. The number of hydrogen-bond donors (Lipinski definition) is 1. The van der Waals surface area contributed by atoms with E-state index in [4.69, 9.17) is 0 Å². The van der Waals surface area contributed by atoms with Gasteiger partial charge in [-0.25, -0.2) is 9.97 Å². The van der Waals surface area contributed by atoms with E-state index in [0.717, 1.165) is 24.6 Å². The lowest BCUT2D eigenvalue weighted by atomic mass is 10.0. The van der Waals surface area contributed by atoms with Crippen LogP contribution in [-0.2, 0) is 0 Å². The van der Waals surface area contributed by atoms with Gasteiger partial charge in [-0.3, -0.25) is 0 Å². The molecule has 1 heterocycles. The Bertz CT molecular complexity index is 356. The molecule has 0 aliphatic carbocycles. The Hall–Kier alpha value is -1.22. The van der Waals surface area contributed by atoms with Crippen LogP contribution in [0.2, 0.25) is 0 Å². The van der Waals surface area contributed by atoms with Crippen molar-refractivity contribution in [2.75, 3.05) is 13.1 Å². The lowest BCUT2D eigenvalue weighted by Crippen LogP contribution is -2.18. The van der Waals surface area contributed by atoms with Crippen LogP contribution in [0, 0.1) is 12.8 Å². The van der Waals surface area contributed by atoms with Crippen LogP contribution in [0.15, 0.2) is 17.8 Å². The number of aryl methyl sites for hydroxylation is 1. The zero-order valence-electron chi connectivity index (χ0n) is 10.6. The van der Waals surface area contributed by atoms with E-state index in [9.17, 15) is 0 Å². The maximum atomic E-state index is 4.39. The Kier molecular flexibility index (Phi) is 5.12. The summed E-state index contributed by atoms with van der Waals surface area (Å²) in [5.74, 6) is 1.36. The fourth-order valence-corrected chi connectivity index (χ4v) is 1.44. The zero-order valence-corrected chi connectivity index (χ0v) is 10.6. The van der Waals surface area contributed by atoms with Gasteiger partial charge in [0.2, 0.25) is 0 Å². The van der Waals surface area contributed by atoms with Crippen LogP contribution in [0.3, 0.4) is 0 Å². The van der Waals surface area contributed by atoms with Crippen molar-refractivity contribution in [1.82, 2.24) is 15.3 Å². The molecule has 16 heavy (non-hydrogen) atoms. The molecule has 0 unspecified atom stereocenters. The Morgan fingerprint density at radius 3 is 2.81 bits per heavy atom. The minimum absolute atomic E-state index is 0.536. The molecular weight excluding hydrogens is 198 g/mol. The minimum Gasteiger partial charge on any atom is -0.313 e. The molecule has 0 radical (unpaired) electrons. The lowest BCUT2D eigenvalue weighted by Gasteiger charge is -2.11. The molecule has 0 aliphatic rings. The fraction of sp³-hybridized carbons (Fsp3) is 0.538. The molecular formula is C13H21N3. The minimum atomic E-state index is 0.536. The second kappa shape index (κ2) is 6.38. The molecule has 0 saturated carbocycles. The lowest BCUT2D eigenvalue weighted by molar-refractivity contribution is 0.682. The van der Waals surface area contributed by atoms with Gasteiger partial charge in [-0.1, -0.05) is 26.3 Å². The van der Waals surface area contributed by atoms with Gasteiger partial charge in [-0.15, -0.1) is 0 Å². The van der Waals surface area contributed by atoms with E-state index >= 15 is 0 Å². The molecule has 1 aromatic heterocycles. The second-order valence-electron chi connectivity index (χ2n) is 4.18. The number of nitrogens with zero attached hydrogens (tertiary/aromatic N) is 2. The number of rotatable bonds is 5. The molecule has 1 rings (SSSR count). The van der Waals surface area contributed by atoms with Crippen molar-refractivity contribution in [3.05, 3.63) is 29.4 Å². The average molecular weight is 219 g/mol. The summed E-state index contributed by atoms with van der Waals surface area (Å²) in [6.45, 7) is 10.4. The quantitative estimate of drug-likeness (QED) is 0.826. The zero-order chi connectivity index (χ0) is 12.0. The topological polar surface area (TPSA) is 37.8 Å². The van der Waals surface area contributed by atoms with Gasteiger partial charge in [0.05, 0.1) is 5.69 Å². The Morgan fingerprint density at radius 2 is 2.25 bits per heavy atom. The molecule has 3 heteroatoms. The molecule has 1 N–H and O–H groups in total. The molecule has 0 fully saturated rings. The summed E-state index contributed by atoms with van der Waals surface area (Å²) in [6.07, 6.45) is 3.96. The summed E-state index contributed by atoms with van der Waals surface area (Å²) in [4.78, 5) is 8.49. The smallest absolute Gasteiger partial charge is 0.125 e. The number of hydrogen-bond acceptors (Lipinski definition) is 3. The van der Waals surface area contributed by atoms with Gasteiger partial charge >= 0.3 is 0 Å². The molecule has 0 bridgehead atoms. The molecule has 0 aromatic carbocycles. The SMILES string of the molecule is CCNC/C(=C/c1ccnc(C)n1)C(C)C. The van der Waals surface area contributed by atoms with Gasteiger partial charge in [0.25, 0.3) is 0 Å².